The number of aromatic nitrogens is 1. The molecular weight excluding hydrogens is 360 g/mol. The number of amides is 1. The van der Waals surface area contributed by atoms with Gasteiger partial charge in [0.05, 0.1) is 6.54 Å². The van der Waals surface area contributed by atoms with Crippen LogP contribution in [0.3, 0.4) is 0 Å². The Morgan fingerprint density at radius 1 is 1.15 bits per heavy atom. The molecule has 1 amide bonds. The first-order chi connectivity index (χ1) is 13.1. The number of hydrogen-bond donors (Lipinski definition) is 1. The number of nitrogens with zero attached hydrogens (tertiary/aromatic N) is 1. The summed E-state index contributed by atoms with van der Waals surface area (Å²) >= 11 is 1.54. The second-order valence-corrected chi connectivity index (χ2v) is 6.93. The molecule has 0 unspecified atom stereocenters. The van der Waals surface area contributed by atoms with Gasteiger partial charge in [0.25, 0.3) is 5.91 Å². The Labute approximate surface area is 162 Å². The largest absolute Gasteiger partial charge is 0.426 e. The van der Waals surface area contributed by atoms with E-state index in [1.54, 1.807) is 35.7 Å². The van der Waals surface area contributed by atoms with E-state index >= 15 is 0 Å². The van der Waals surface area contributed by atoms with Crippen molar-refractivity contribution in [2.24, 2.45) is 0 Å². The highest BCUT2D eigenvalue weighted by Gasteiger charge is 2.15. The molecule has 27 heavy (non-hydrogen) atoms. The third-order valence-electron chi connectivity index (χ3n) is 4.05. The molecule has 6 heteroatoms. The van der Waals surface area contributed by atoms with Crippen LogP contribution >= 0.6 is 11.3 Å². The molecule has 0 spiro atoms. The number of rotatable bonds is 6. The summed E-state index contributed by atoms with van der Waals surface area (Å²) < 4.78 is 5.43. The SMILES string of the molecule is CCc1ccc(-c2ccsc2CNC(=O)c2ccccn2)c(OC(C)=O)c1. The van der Waals surface area contributed by atoms with Crippen molar-refractivity contribution in [1.82, 2.24) is 10.3 Å². The number of esters is 1. The van der Waals surface area contributed by atoms with Crippen molar-refractivity contribution in [2.75, 3.05) is 0 Å². The Kier molecular flexibility index (Phi) is 5.98. The second-order valence-electron chi connectivity index (χ2n) is 5.93. The molecule has 1 N–H and O–H groups in total. The third kappa shape index (κ3) is 4.60. The van der Waals surface area contributed by atoms with E-state index in [2.05, 4.69) is 17.2 Å². The van der Waals surface area contributed by atoms with Gasteiger partial charge in [0.15, 0.2) is 0 Å². The average molecular weight is 380 g/mol. The Hall–Kier alpha value is -2.99. The quantitative estimate of drug-likeness (QED) is 0.513. The number of nitrogens with one attached hydrogen (secondary N) is 1. The van der Waals surface area contributed by atoms with Gasteiger partial charge in [-0.1, -0.05) is 25.1 Å². The molecule has 0 saturated carbocycles. The van der Waals surface area contributed by atoms with E-state index in [0.717, 1.165) is 28.0 Å². The molecule has 5 nitrogen and oxygen atoms in total. The van der Waals surface area contributed by atoms with Gasteiger partial charge in [0.2, 0.25) is 0 Å². The van der Waals surface area contributed by atoms with Gasteiger partial charge < -0.3 is 10.1 Å². The summed E-state index contributed by atoms with van der Waals surface area (Å²) in [5.74, 6) is -0.0428. The smallest absolute Gasteiger partial charge is 0.308 e. The number of carbonyl (C=O) groups is 2. The predicted molar refractivity (Wildman–Crippen MR) is 106 cm³/mol. The summed E-state index contributed by atoms with van der Waals surface area (Å²) in [6, 6.07) is 13.1. The van der Waals surface area contributed by atoms with Crippen molar-refractivity contribution >= 4 is 23.2 Å². The van der Waals surface area contributed by atoms with Gasteiger partial charge in [-0.25, -0.2) is 0 Å². The number of aryl methyl sites for hydroxylation is 1. The van der Waals surface area contributed by atoms with E-state index in [4.69, 9.17) is 4.74 Å². The van der Waals surface area contributed by atoms with Crippen molar-refractivity contribution in [1.29, 1.82) is 0 Å². The van der Waals surface area contributed by atoms with Crippen molar-refractivity contribution in [3.05, 3.63) is 70.2 Å². The van der Waals surface area contributed by atoms with Crippen molar-refractivity contribution in [3.63, 3.8) is 0 Å². The molecule has 0 radical (unpaired) electrons. The van der Waals surface area contributed by atoms with Crippen molar-refractivity contribution in [2.45, 2.75) is 26.8 Å². The molecule has 3 rings (SSSR count). The maximum Gasteiger partial charge on any atom is 0.308 e. The molecule has 0 saturated heterocycles. The fraction of sp³-hybridized carbons (Fsp3) is 0.190. The van der Waals surface area contributed by atoms with Crippen LogP contribution in [0.15, 0.2) is 54.0 Å². The maximum atomic E-state index is 12.2. The van der Waals surface area contributed by atoms with E-state index in [1.165, 1.54) is 6.92 Å². The number of hydrogen-bond acceptors (Lipinski definition) is 5. The van der Waals surface area contributed by atoms with Crippen LogP contribution in [0.1, 0.15) is 34.8 Å². The Balaban J connectivity index is 1.84. The zero-order valence-corrected chi connectivity index (χ0v) is 16.0. The zero-order chi connectivity index (χ0) is 19.2. The summed E-state index contributed by atoms with van der Waals surface area (Å²) in [6.07, 6.45) is 2.44. The van der Waals surface area contributed by atoms with Crippen molar-refractivity contribution in [3.8, 4) is 16.9 Å². The number of benzene rings is 1. The first kappa shape index (κ1) is 18.8. The van der Waals surface area contributed by atoms with Crippen molar-refractivity contribution < 1.29 is 14.3 Å². The molecule has 0 aliphatic heterocycles. The topological polar surface area (TPSA) is 68.3 Å². The first-order valence-electron chi connectivity index (χ1n) is 8.65. The fourth-order valence-corrected chi connectivity index (χ4v) is 3.54. The predicted octanol–water partition coefficient (Wildman–Crippen LogP) is 4.23. The molecule has 1 aromatic carbocycles. The zero-order valence-electron chi connectivity index (χ0n) is 15.2. The number of pyridine rings is 1. The van der Waals surface area contributed by atoms with Crippen LogP contribution in [0.2, 0.25) is 0 Å². The van der Waals surface area contributed by atoms with Gasteiger partial charge in [-0.05, 0) is 41.6 Å². The number of ether oxygens (including phenoxy) is 1. The molecule has 0 bridgehead atoms. The lowest BCUT2D eigenvalue weighted by Crippen LogP contribution is -2.23. The molecule has 138 valence electrons. The Bertz CT molecular complexity index is 951. The molecule has 0 aliphatic carbocycles. The molecular formula is C21H20N2O3S. The minimum Gasteiger partial charge on any atom is -0.426 e. The van der Waals surface area contributed by atoms with Crippen LogP contribution in [0.5, 0.6) is 5.75 Å². The number of thiophene rings is 1. The van der Waals surface area contributed by atoms with E-state index in [1.807, 2.05) is 29.6 Å². The second kappa shape index (κ2) is 8.60. The summed E-state index contributed by atoms with van der Waals surface area (Å²) in [5, 5.41) is 4.86. The van der Waals surface area contributed by atoms with Crippen LogP contribution in [0.25, 0.3) is 11.1 Å². The molecule has 0 fully saturated rings. The lowest BCUT2D eigenvalue weighted by atomic mass is 10.0. The molecule has 2 heterocycles. The fourth-order valence-electron chi connectivity index (χ4n) is 2.71. The highest BCUT2D eigenvalue weighted by molar-refractivity contribution is 7.10. The minimum atomic E-state index is -0.357. The summed E-state index contributed by atoms with van der Waals surface area (Å²) in [6.45, 7) is 3.82. The summed E-state index contributed by atoms with van der Waals surface area (Å²) in [4.78, 5) is 28.8. The number of carbonyl (C=O) groups excluding carboxylic acids is 2. The third-order valence-corrected chi connectivity index (χ3v) is 4.97. The van der Waals surface area contributed by atoms with E-state index in [0.29, 0.717) is 18.0 Å². The van der Waals surface area contributed by atoms with Gasteiger partial charge in [-0.3, -0.25) is 14.6 Å². The van der Waals surface area contributed by atoms with Crippen LogP contribution in [0.4, 0.5) is 0 Å². The average Bonchev–Trinajstić information content (AvgIpc) is 3.14. The first-order valence-corrected chi connectivity index (χ1v) is 9.53. The van der Waals surface area contributed by atoms with Gasteiger partial charge in [-0.15, -0.1) is 11.3 Å². The van der Waals surface area contributed by atoms with Gasteiger partial charge in [0.1, 0.15) is 11.4 Å². The summed E-state index contributed by atoms with van der Waals surface area (Å²) in [5.41, 5.74) is 3.25. The maximum absolute atomic E-state index is 12.2. The van der Waals surface area contributed by atoms with Gasteiger partial charge >= 0.3 is 5.97 Å². The molecule has 2 aromatic heterocycles. The molecule has 0 atom stereocenters. The summed E-state index contributed by atoms with van der Waals surface area (Å²) in [7, 11) is 0. The molecule has 3 aromatic rings. The van der Waals surface area contributed by atoms with Crippen LogP contribution < -0.4 is 10.1 Å². The lowest BCUT2D eigenvalue weighted by molar-refractivity contribution is -0.131. The highest BCUT2D eigenvalue weighted by atomic mass is 32.1. The normalized spacial score (nSPS) is 10.4. The molecule has 0 aliphatic rings. The van der Waals surface area contributed by atoms with E-state index < -0.39 is 0 Å². The van der Waals surface area contributed by atoms with E-state index in [9.17, 15) is 9.59 Å². The minimum absolute atomic E-state index is 0.225. The van der Waals surface area contributed by atoms with Crippen LogP contribution in [-0.2, 0) is 17.8 Å². The Morgan fingerprint density at radius 3 is 2.70 bits per heavy atom. The van der Waals surface area contributed by atoms with E-state index in [-0.39, 0.29) is 11.9 Å². The Morgan fingerprint density at radius 2 is 2.00 bits per heavy atom. The monoisotopic (exact) mass is 380 g/mol. The lowest BCUT2D eigenvalue weighted by Gasteiger charge is -2.12. The highest BCUT2D eigenvalue weighted by Crippen LogP contribution is 2.36. The van der Waals surface area contributed by atoms with Gasteiger partial charge in [-0.2, -0.15) is 0 Å². The van der Waals surface area contributed by atoms with Crippen LogP contribution in [-0.4, -0.2) is 16.9 Å². The van der Waals surface area contributed by atoms with Gasteiger partial charge in [0, 0.05) is 29.1 Å². The van der Waals surface area contributed by atoms with Crippen LogP contribution in [0, 0.1) is 0 Å². The standard InChI is InChI=1S/C21H20N2O3S/c1-3-15-7-8-16(19(12-15)26-14(2)24)17-9-11-27-20(17)13-23-21(25)18-6-4-5-10-22-18/h4-12H,3,13H2,1-2H3,(H,23,25).